The number of hydrogen-bond donors (Lipinski definition) is 5. The monoisotopic (exact) mass is 547 g/mol. The van der Waals surface area contributed by atoms with Gasteiger partial charge in [-0.25, -0.2) is 0 Å². The lowest BCUT2D eigenvalue weighted by atomic mass is 9.62. The maximum Gasteiger partial charge on any atom is 0.188 e. The van der Waals surface area contributed by atoms with Crippen LogP contribution < -0.4 is 0 Å². The van der Waals surface area contributed by atoms with Gasteiger partial charge in [0.2, 0.25) is 0 Å². The fraction of sp³-hybridized carbons (Fsp3) is 0.516. The number of fused-ring (bicyclic) bond motifs is 4. The Hall–Kier alpha value is -2.63. The fourth-order valence-electron chi connectivity index (χ4n) is 7.92. The number of ether oxygens (including phenoxy) is 2. The Morgan fingerprint density at radius 2 is 1.93 bits per heavy atom. The van der Waals surface area contributed by atoms with Crippen LogP contribution in [0.3, 0.4) is 0 Å². The summed E-state index contributed by atoms with van der Waals surface area (Å²) in [6, 6.07) is 12.9. The Kier molecular flexibility index (Phi) is 6.40. The number of benzene rings is 1. The number of aliphatic hydroxyl groups is 4. The molecule has 0 saturated carbocycles. The molecule has 212 valence electrons. The summed E-state index contributed by atoms with van der Waals surface area (Å²) in [6.07, 6.45) is -3.33. The Labute approximate surface area is 233 Å². The zero-order valence-corrected chi connectivity index (χ0v) is 22.9. The molecule has 0 amide bonds. The minimum atomic E-state index is -1.49. The number of piperidine rings is 3. The summed E-state index contributed by atoms with van der Waals surface area (Å²) in [6.45, 7) is 5.67. The standard InChI is InChI=1S/C31H37N3O6/c1-4-16-18-11-23-26-19(17-7-5-6-8-20(17)33-26)12-22(25(18)21-10-14(2)9-15(3)32-21)34(23)30(16)40-31-29(38)28(37)27(36)24(13-35)39-31/h4-10,18,22-25,27-31,33,35-38H,11-13H2,1-3H3/b16-4+/t18?,22-,23-,24+,25-,27+,28-,29+,30+,31-/m0/s1. The van der Waals surface area contributed by atoms with Crippen molar-refractivity contribution in [3.8, 4) is 0 Å². The van der Waals surface area contributed by atoms with E-state index < -0.39 is 43.5 Å². The van der Waals surface area contributed by atoms with Crippen LogP contribution in [0.25, 0.3) is 10.9 Å². The lowest BCUT2D eigenvalue weighted by molar-refractivity contribution is -0.329. The number of nitrogens with zero attached hydrogens (tertiary/aromatic N) is 2. The van der Waals surface area contributed by atoms with Crippen LogP contribution in [0.5, 0.6) is 0 Å². The van der Waals surface area contributed by atoms with E-state index in [-0.39, 0.29) is 23.9 Å². The van der Waals surface area contributed by atoms with Crippen LogP contribution in [-0.2, 0) is 15.9 Å². The van der Waals surface area contributed by atoms with E-state index >= 15 is 0 Å². The number of rotatable bonds is 4. The topological polar surface area (TPSA) is 131 Å². The molecule has 40 heavy (non-hydrogen) atoms. The van der Waals surface area contributed by atoms with Gasteiger partial charge in [0.1, 0.15) is 30.6 Å². The number of aryl methyl sites for hydroxylation is 2. The first kappa shape index (κ1) is 26.3. The van der Waals surface area contributed by atoms with Gasteiger partial charge >= 0.3 is 0 Å². The Morgan fingerprint density at radius 3 is 2.67 bits per heavy atom. The number of pyridine rings is 1. The van der Waals surface area contributed by atoms with Crippen molar-refractivity contribution >= 4 is 10.9 Å². The number of hydrogen-bond acceptors (Lipinski definition) is 8. The maximum absolute atomic E-state index is 10.8. The van der Waals surface area contributed by atoms with Crippen LogP contribution >= 0.6 is 0 Å². The SMILES string of the molecule is C/C=C1\C2C[C@H]3c4[nH]c5ccccc5c4C[C@@H]([C@@H]2c2cc(C)cc(C)n2)N3[C@@H]1O[C@@H]1O[C@H](CO)[C@@H](O)[C@H](O)[C@H]1O. The van der Waals surface area contributed by atoms with Gasteiger partial charge in [-0.3, -0.25) is 9.88 Å². The van der Waals surface area contributed by atoms with Crippen molar-refractivity contribution in [2.75, 3.05) is 6.61 Å². The van der Waals surface area contributed by atoms with Gasteiger partial charge in [0.15, 0.2) is 6.29 Å². The van der Waals surface area contributed by atoms with Crippen LogP contribution in [0.4, 0.5) is 0 Å². The number of nitrogens with one attached hydrogen (secondary N) is 1. The zero-order chi connectivity index (χ0) is 27.9. The predicted molar refractivity (Wildman–Crippen MR) is 147 cm³/mol. The van der Waals surface area contributed by atoms with E-state index in [2.05, 4.69) is 53.2 Å². The molecule has 5 N–H and O–H groups in total. The van der Waals surface area contributed by atoms with E-state index in [4.69, 9.17) is 14.5 Å². The fourth-order valence-corrected chi connectivity index (χ4v) is 7.92. The van der Waals surface area contributed by atoms with Gasteiger partial charge in [-0.1, -0.05) is 24.3 Å². The third-order valence-electron chi connectivity index (χ3n) is 9.55. The molecule has 2 aromatic heterocycles. The van der Waals surface area contributed by atoms with E-state index in [9.17, 15) is 20.4 Å². The minimum Gasteiger partial charge on any atom is -0.394 e. The van der Waals surface area contributed by atoms with Crippen LogP contribution in [0.1, 0.15) is 53.5 Å². The summed E-state index contributed by atoms with van der Waals surface area (Å²) in [5.41, 5.74) is 8.03. The van der Waals surface area contributed by atoms with Crippen molar-refractivity contribution in [2.24, 2.45) is 5.92 Å². The molecule has 9 nitrogen and oxygen atoms in total. The molecule has 0 radical (unpaired) electrons. The first-order valence-corrected chi connectivity index (χ1v) is 14.2. The van der Waals surface area contributed by atoms with Gasteiger partial charge in [-0.05, 0) is 74.4 Å². The molecule has 3 aromatic rings. The Bertz CT molecular complexity index is 1450. The number of para-hydroxylation sites is 1. The molecule has 4 fully saturated rings. The van der Waals surface area contributed by atoms with Crippen molar-refractivity contribution < 1.29 is 29.9 Å². The van der Waals surface area contributed by atoms with Crippen LogP contribution in [0.15, 0.2) is 48.0 Å². The van der Waals surface area contributed by atoms with Gasteiger partial charge in [-0.15, -0.1) is 0 Å². The predicted octanol–water partition coefficient (Wildman–Crippen LogP) is 2.35. The lowest BCUT2D eigenvalue weighted by Crippen LogP contribution is -2.66. The van der Waals surface area contributed by atoms with Gasteiger partial charge in [0.05, 0.1) is 12.6 Å². The third kappa shape index (κ3) is 3.84. The zero-order valence-electron chi connectivity index (χ0n) is 22.9. The van der Waals surface area contributed by atoms with E-state index in [1.807, 2.05) is 19.9 Å². The summed E-state index contributed by atoms with van der Waals surface area (Å²) in [7, 11) is 0. The van der Waals surface area contributed by atoms with E-state index in [1.54, 1.807) is 0 Å². The van der Waals surface area contributed by atoms with Gasteiger partial charge in [0.25, 0.3) is 0 Å². The van der Waals surface area contributed by atoms with Crippen LogP contribution in [-0.4, -0.2) is 84.9 Å². The number of aliphatic hydroxyl groups excluding tert-OH is 4. The van der Waals surface area contributed by atoms with Crippen molar-refractivity contribution in [3.63, 3.8) is 0 Å². The highest BCUT2D eigenvalue weighted by atomic mass is 16.7. The normalized spacial score (nSPS) is 39.6. The second-order valence-corrected chi connectivity index (χ2v) is 11.9. The van der Waals surface area contributed by atoms with Crippen molar-refractivity contribution in [3.05, 3.63) is 76.3 Å². The van der Waals surface area contributed by atoms with Crippen molar-refractivity contribution in [1.29, 1.82) is 0 Å². The number of aromatic nitrogens is 2. The smallest absolute Gasteiger partial charge is 0.188 e. The van der Waals surface area contributed by atoms with Gasteiger partial charge < -0.3 is 34.9 Å². The van der Waals surface area contributed by atoms with Crippen molar-refractivity contribution in [2.45, 2.75) is 88.5 Å². The molecule has 4 bridgehead atoms. The average molecular weight is 548 g/mol. The van der Waals surface area contributed by atoms with Crippen molar-refractivity contribution in [1.82, 2.24) is 14.9 Å². The molecule has 9 heteroatoms. The van der Waals surface area contributed by atoms with Crippen LogP contribution in [0.2, 0.25) is 0 Å². The quantitative estimate of drug-likeness (QED) is 0.315. The molecule has 0 spiro atoms. The van der Waals surface area contributed by atoms with E-state index in [0.29, 0.717) is 0 Å². The number of H-pyrrole nitrogens is 1. The second kappa shape index (κ2) is 9.73. The maximum atomic E-state index is 10.8. The summed E-state index contributed by atoms with van der Waals surface area (Å²) in [5, 5.41) is 42.6. The number of aromatic amines is 1. The lowest BCUT2D eigenvalue weighted by Gasteiger charge is -2.62. The summed E-state index contributed by atoms with van der Waals surface area (Å²) in [4.78, 5) is 11.1. The molecule has 8 rings (SSSR count). The first-order chi connectivity index (χ1) is 19.3. The molecular formula is C31H37N3O6. The Morgan fingerprint density at radius 1 is 1.12 bits per heavy atom. The number of allylic oxidation sites excluding steroid dienone is 1. The first-order valence-electron chi connectivity index (χ1n) is 14.2. The van der Waals surface area contributed by atoms with E-state index in [1.165, 1.54) is 22.2 Å². The molecule has 0 aliphatic carbocycles. The molecule has 5 aliphatic heterocycles. The van der Waals surface area contributed by atoms with E-state index in [0.717, 1.165) is 35.3 Å². The van der Waals surface area contributed by atoms with Gasteiger partial charge in [-0.2, -0.15) is 0 Å². The molecule has 2 unspecified atom stereocenters. The molecule has 4 saturated heterocycles. The Balaban J connectivity index is 1.33. The second-order valence-electron chi connectivity index (χ2n) is 11.9. The minimum absolute atomic E-state index is 0.0619. The molecule has 5 aliphatic rings. The summed E-state index contributed by atoms with van der Waals surface area (Å²) in [5.74, 6) is 0.297. The highest BCUT2D eigenvalue weighted by molar-refractivity contribution is 5.85. The molecule has 11 atom stereocenters. The molecule has 7 heterocycles. The third-order valence-corrected chi connectivity index (χ3v) is 9.55. The van der Waals surface area contributed by atoms with Gasteiger partial charge in [0, 0.05) is 39.9 Å². The largest absolute Gasteiger partial charge is 0.394 e. The molecule has 1 aromatic carbocycles. The highest BCUT2D eigenvalue weighted by Crippen LogP contribution is 2.59. The summed E-state index contributed by atoms with van der Waals surface area (Å²) >= 11 is 0. The average Bonchev–Trinajstić information content (AvgIpc) is 3.31. The van der Waals surface area contributed by atoms with Crippen LogP contribution in [0, 0.1) is 19.8 Å². The summed E-state index contributed by atoms with van der Waals surface area (Å²) < 4.78 is 12.4. The highest BCUT2D eigenvalue weighted by Gasteiger charge is 2.59. The molecular weight excluding hydrogens is 510 g/mol.